The van der Waals surface area contributed by atoms with Gasteiger partial charge in [0.15, 0.2) is 0 Å². The number of benzene rings is 1. The van der Waals surface area contributed by atoms with E-state index in [-0.39, 0.29) is 0 Å². The minimum Gasteiger partial charge on any atom is -0.508 e. The smallest absolute Gasteiger partial charge is 0.115 e. The molecule has 1 aromatic rings. The van der Waals surface area contributed by atoms with Gasteiger partial charge in [-0.25, -0.2) is 0 Å². The number of nitrogens with zero attached hydrogens (tertiary/aromatic N) is 1. The van der Waals surface area contributed by atoms with Crippen LogP contribution in [0.1, 0.15) is 43.2 Å². The Balaban J connectivity index is 1.87. The molecule has 2 bridgehead atoms. The zero-order chi connectivity index (χ0) is 15.4. The monoisotopic (exact) mass is 298 g/mol. The Hall–Kier alpha value is -1.28. The van der Waals surface area contributed by atoms with Crippen molar-refractivity contribution in [3.05, 3.63) is 42.0 Å². The summed E-state index contributed by atoms with van der Waals surface area (Å²) in [5.74, 6) is 1.24. The molecular weight excluding hydrogens is 270 g/mol. The van der Waals surface area contributed by atoms with Gasteiger partial charge in [-0.15, -0.1) is 0 Å². The van der Waals surface area contributed by atoms with Crippen molar-refractivity contribution in [3.63, 3.8) is 0 Å². The molecule has 1 N–H and O–H groups in total. The Bertz CT molecular complexity index is 610. The molecule has 1 saturated heterocycles. The highest BCUT2D eigenvalue weighted by Crippen LogP contribution is 2.57. The standard InChI is InChI=1S/C20H27NO/c1-3-11-21(2)12-10-20-9-5-4-6-17(20)19(21)13-15-7-8-16(22)14-18(15)20/h3,7-8,14,17,19H,1,4-6,9-13H2,2H3/p+1/t17-,19+,20?,21?/m0/s1. The number of phenols is 1. The molecule has 1 heterocycles. The number of fused-ring (bicyclic) bond motifs is 1. The van der Waals surface area contributed by atoms with Crippen LogP contribution in [0.25, 0.3) is 0 Å². The van der Waals surface area contributed by atoms with Gasteiger partial charge in [-0.05, 0) is 42.2 Å². The van der Waals surface area contributed by atoms with E-state index in [1.54, 1.807) is 0 Å². The zero-order valence-electron chi connectivity index (χ0n) is 13.7. The molecule has 2 unspecified atom stereocenters. The molecule has 1 aliphatic heterocycles. The number of aromatic hydroxyl groups is 1. The molecule has 118 valence electrons. The molecule has 0 radical (unpaired) electrons. The van der Waals surface area contributed by atoms with E-state index in [0.717, 1.165) is 23.0 Å². The van der Waals surface area contributed by atoms with Crippen molar-refractivity contribution in [3.8, 4) is 5.75 Å². The van der Waals surface area contributed by atoms with E-state index in [9.17, 15) is 5.11 Å². The van der Waals surface area contributed by atoms with E-state index >= 15 is 0 Å². The Morgan fingerprint density at radius 3 is 3.05 bits per heavy atom. The average Bonchev–Trinajstić information content (AvgIpc) is 2.52. The first-order chi connectivity index (χ1) is 10.6. The number of rotatable bonds is 2. The fourth-order valence-electron chi connectivity index (χ4n) is 5.98. The molecule has 3 aliphatic rings. The summed E-state index contributed by atoms with van der Waals surface area (Å²) in [5.41, 5.74) is 3.32. The molecule has 0 amide bonds. The average molecular weight is 298 g/mol. The number of piperidine rings is 1. The number of likely N-dealkylation sites (N-methyl/N-ethyl adjacent to an activating group) is 1. The largest absolute Gasteiger partial charge is 0.508 e. The summed E-state index contributed by atoms with van der Waals surface area (Å²) < 4.78 is 1.16. The maximum absolute atomic E-state index is 10.0. The van der Waals surface area contributed by atoms with Gasteiger partial charge in [-0.2, -0.15) is 0 Å². The highest BCUT2D eigenvalue weighted by Gasteiger charge is 2.58. The van der Waals surface area contributed by atoms with Crippen LogP contribution in [-0.2, 0) is 11.8 Å². The van der Waals surface area contributed by atoms with Crippen LogP contribution < -0.4 is 0 Å². The van der Waals surface area contributed by atoms with Gasteiger partial charge in [0, 0.05) is 24.2 Å². The molecule has 4 rings (SSSR count). The van der Waals surface area contributed by atoms with Crippen molar-refractivity contribution >= 4 is 0 Å². The van der Waals surface area contributed by atoms with Crippen molar-refractivity contribution in [2.45, 2.75) is 50.0 Å². The molecule has 2 nitrogen and oxygen atoms in total. The summed E-state index contributed by atoms with van der Waals surface area (Å²) in [4.78, 5) is 0. The molecule has 2 fully saturated rings. The second-order valence-corrected chi connectivity index (χ2v) is 8.05. The Morgan fingerprint density at radius 1 is 1.36 bits per heavy atom. The molecule has 1 saturated carbocycles. The van der Waals surface area contributed by atoms with E-state index in [1.807, 2.05) is 6.07 Å². The van der Waals surface area contributed by atoms with E-state index in [4.69, 9.17) is 0 Å². The van der Waals surface area contributed by atoms with Crippen molar-refractivity contribution in [1.82, 2.24) is 0 Å². The number of quaternary nitrogens is 1. The molecule has 2 heteroatoms. The highest BCUT2D eigenvalue weighted by atomic mass is 16.3. The van der Waals surface area contributed by atoms with E-state index in [0.29, 0.717) is 11.2 Å². The first kappa shape index (κ1) is 14.3. The lowest BCUT2D eigenvalue weighted by molar-refractivity contribution is -0.940. The second kappa shape index (κ2) is 4.86. The predicted molar refractivity (Wildman–Crippen MR) is 90.0 cm³/mol. The fourth-order valence-corrected chi connectivity index (χ4v) is 5.98. The zero-order valence-corrected chi connectivity index (χ0v) is 13.7. The molecule has 0 spiro atoms. The number of hydrogen-bond donors (Lipinski definition) is 1. The molecule has 0 aromatic heterocycles. The van der Waals surface area contributed by atoms with Gasteiger partial charge in [0.2, 0.25) is 0 Å². The van der Waals surface area contributed by atoms with Gasteiger partial charge in [0.05, 0.1) is 26.2 Å². The van der Waals surface area contributed by atoms with Crippen molar-refractivity contribution in [2.24, 2.45) is 5.92 Å². The predicted octanol–water partition coefficient (Wildman–Crippen LogP) is 3.78. The number of hydrogen-bond acceptors (Lipinski definition) is 1. The minimum absolute atomic E-state index is 0.341. The summed E-state index contributed by atoms with van der Waals surface area (Å²) >= 11 is 0. The second-order valence-electron chi connectivity index (χ2n) is 8.05. The van der Waals surface area contributed by atoms with E-state index < -0.39 is 0 Å². The fraction of sp³-hybridized carbons (Fsp3) is 0.600. The van der Waals surface area contributed by atoms with Crippen molar-refractivity contribution < 1.29 is 9.59 Å². The van der Waals surface area contributed by atoms with Crippen LogP contribution in [0.3, 0.4) is 0 Å². The molecule has 1 aromatic carbocycles. The van der Waals surface area contributed by atoms with Crippen LogP contribution in [0.5, 0.6) is 5.75 Å². The van der Waals surface area contributed by atoms with Crippen molar-refractivity contribution in [1.29, 1.82) is 0 Å². The van der Waals surface area contributed by atoms with Gasteiger partial charge >= 0.3 is 0 Å². The third-order valence-corrected chi connectivity index (χ3v) is 7.04. The van der Waals surface area contributed by atoms with Crippen molar-refractivity contribution in [2.75, 3.05) is 20.1 Å². The third-order valence-electron chi connectivity index (χ3n) is 7.04. The third kappa shape index (κ3) is 1.83. The molecular formula is C20H28NO+. The maximum Gasteiger partial charge on any atom is 0.115 e. The lowest BCUT2D eigenvalue weighted by Gasteiger charge is -2.61. The molecule has 4 atom stereocenters. The first-order valence-electron chi connectivity index (χ1n) is 8.87. The molecule has 2 aliphatic carbocycles. The maximum atomic E-state index is 10.0. The summed E-state index contributed by atoms with van der Waals surface area (Å²) in [5, 5.41) is 10.0. The summed E-state index contributed by atoms with van der Waals surface area (Å²) in [6.07, 6.45) is 9.97. The first-order valence-corrected chi connectivity index (χ1v) is 8.87. The highest BCUT2D eigenvalue weighted by molar-refractivity contribution is 5.44. The van der Waals surface area contributed by atoms with E-state index in [2.05, 4.69) is 31.8 Å². The Labute approximate surface area is 134 Å². The Morgan fingerprint density at radius 2 is 2.23 bits per heavy atom. The Kier molecular flexibility index (Phi) is 3.16. The van der Waals surface area contributed by atoms with Gasteiger partial charge in [-0.1, -0.05) is 25.5 Å². The topological polar surface area (TPSA) is 20.2 Å². The summed E-state index contributed by atoms with van der Waals surface area (Å²) in [6, 6.07) is 6.89. The molecule has 22 heavy (non-hydrogen) atoms. The van der Waals surface area contributed by atoms with Crippen LogP contribution in [0, 0.1) is 5.92 Å². The lowest BCUT2D eigenvalue weighted by Crippen LogP contribution is -2.68. The van der Waals surface area contributed by atoms with Crippen LogP contribution in [0.4, 0.5) is 0 Å². The van der Waals surface area contributed by atoms with Gasteiger partial charge in [-0.3, -0.25) is 0 Å². The normalized spacial score (nSPS) is 39.7. The van der Waals surface area contributed by atoms with Gasteiger partial charge in [0.1, 0.15) is 5.75 Å². The number of phenolic OH excluding ortho intramolecular Hbond substituents is 1. The minimum atomic E-state index is 0.341. The van der Waals surface area contributed by atoms with Gasteiger partial charge in [0.25, 0.3) is 0 Å². The van der Waals surface area contributed by atoms with Crippen LogP contribution in [0.15, 0.2) is 30.9 Å². The van der Waals surface area contributed by atoms with Crippen LogP contribution >= 0.6 is 0 Å². The quantitative estimate of drug-likeness (QED) is 0.651. The van der Waals surface area contributed by atoms with Crippen LogP contribution in [0.2, 0.25) is 0 Å². The van der Waals surface area contributed by atoms with E-state index in [1.165, 1.54) is 56.2 Å². The lowest BCUT2D eigenvalue weighted by atomic mass is 9.52. The number of likely N-dealkylation sites (tertiary alicyclic amines) is 1. The summed E-state index contributed by atoms with van der Waals surface area (Å²) in [7, 11) is 2.44. The van der Waals surface area contributed by atoms with Crippen LogP contribution in [-0.4, -0.2) is 35.8 Å². The van der Waals surface area contributed by atoms with Gasteiger partial charge < -0.3 is 9.59 Å². The summed E-state index contributed by atoms with van der Waals surface area (Å²) in [6.45, 7) is 6.36. The SMILES string of the molecule is C=CC[N+]1(C)CCC23CCCC[C@H]2[C@H]1Cc1ccc(O)cc13.